The SMILES string of the molecule is CN(C)Cc1cccc(-c2cc(C(F)(F)F)c3nc(C(=O)NCc4cccs4)c(Cl)n3c2)c1. The molecule has 0 unspecified atom stereocenters. The maximum absolute atomic E-state index is 13.9. The maximum atomic E-state index is 13.9. The molecule has 0 aliphatic rings. The molecule has 3 aromatic heterocycles. The van der Waals surface area contributed by atoms with E-state index in [1.54, 1.807) is 12.1 Å². The van der Waals surface area contributed by atoms with Crippen LogP contribution in [-0.2, 0) is 19.3 Å². The summed E-state index contributed by atoms with van der Waals surface area (Å²) in [5, 5.41) is 4.35. The van der Waals surface area contributed by atoms with Crippen LogP contribution >= 0.6 is 22.9 Å². The van der Waals surface area contributed by atoms with Crippen LogP contribution in [-0.4, -0.2) is 34.3 Å². The lowest BCUT2D eigenvalue weighted by Crippen LogP contribution is -2.23. The van der Waals surface area contributed by atoms with Crippen LogP contribution in [0.3, 0.4) is 0 Å². The van der Waals surface area contributed by atoms with Gasteiger partial charge in [0.25, 0.3) is 5.91 Å². The van der Waals surface area contributed by atoms with E-state index in [1.165, 1.54) is 17.5 Å². The van der Waals surface area contributed by atoms with Gasteiger partial charge in [-0.3, -0.25) is 9.20 Å². The molecule has 4 aromatic rings. The van der Waals surface area contributed by atoms with E-state index < -0.39 is 23.3 Å². The minimum absolute atomic E-state index is 0.175. The first-order chi connectivity index (χ1) is 15.6. The third-order valence-electron chi connectivity index (χ3n) is 4.94. The predicted octanol–water partition coefficient (Wildman–Crippen LogP) is 5.73. The van der Waals surface area contributed by atoms with Crippen molar-refractivity contribution in [3.63, 3.8) is 0 Å². The maximum Gasteiger partial charge on any atom is 0.420 e. The van der Waals surface area contributed by atoms with Crippen molar-refractivity contribution in [3.8, 4) is 11.1 Å². The smallest absolute Gasteiger partial charge is 0.346 e. The first-order valence-corrected chi connectivity index (χ1v) is 11.2. The van der Waals surface area contributed by atoms with Crippen molar-refractivity contribution in [3.05, 3.63) is 80.9 Å². The number of thiophene rings is 1. The van der Waals surface area contributed by atoms with Crippen LogP contribution in [0.4, 0.5) is 13.2 Å². The molecule has 0 fully saturated rings. The number of imidazole rings is 1. The van der Waals surface area contributed by atoms with Gasteiger partial charge in [-0.1, -0.05) is 35.9 Å². The van der Waals surface area contributed by atoms with E-state index in [-0.39, 0.29) is 17.4 Å². The minimum atomic E-state index is -4.68. The zero-order valence-electron chi connectivity index (χ0n) is 17.8. The van der Waals surface area contributed by atoms with Crippen molar-refractivity contribution in [1.29, 1.82) is 0 Å². The standard InChI is InChI=1S/C23H20ClF3N4OS/c1-30(2)12-14-5-3-6-15(9-14)16-10-18(23(25,26)27)21-29-19(20(24)31(21)13-16)22(32)28-11-17-7-4-8-33-17/h3-10,13H,11-12H2,1-2H3,(H,28,32). The average molecular weight is 493 g/mol. The Kier molecular flexibility index (Phi) is 6.47. The van der Waals surface area contributed by atoms with Crippen LogP contribution < -0.4 is 5.32 Å². The van der Waals surface area contributed by atoms with Gasteiger partial charge in [0, 0.05) is 17.6 Å². The predicted molar refractivity (Wildman–Crippen MR) is 124 cm³/mol. The van der Waals surface area contributed by atoms with E-state index in [1.807, 2.05) is 48.6 Å². The molecule has 0 saturated heterocycles. The molecule has 5 nitrogen and oxygen atoms in total. The molecular formula is C23H20ClF3N4OS. The lowest BCUT2D eigenvalue weighted by atomic mass is 10.0. The summed E-state index contributed by atoms with van der Waals surface area (Å²) in [6.07, 6.45) is -3.21. The summed E-state index contributed by atoms with van der Waals surface area (Å²) < 4.78 is 42.9. The highest BCUT2D eigenvalue weighted by Crippen LogP contribution is 2.37. The van der Waals surface area contributed by atoms with Gasteiger partial charge in [-0.05, 0) is 54.4 Å². The Morgan fingerprint density at radius 2 is 1.97 bits per heavy atom. The number of fused-ring (bicyclic) bond motifs is 1. The van der Waals surface area contributed by atoms with Gasteiger partial charge in [-0.15, -0.1) is 11.3 Å². The highest BCUT2D eigenvalue weighted by molar-refractivity contribution is 7.09. The van der Waals surface area contributed by atoms with Gasteiger partial charge < -0.3 is 10.2 Å². The van der Waals surface area contributed by atoms with Gasteiger partial charge in [0.05, 0.1) is 12.1 Å². The fourth-order valence-electron chi connectivity index (χ4n) is 3.51. The number of nitrogens with one attached hydrogen (secondary N) is 1. The summed E-state index contributed by atoms with van der Waals surface area (Å²) in [5.74, 6) is -0.639. The second kappa shape index (κ2) is 9.17. The van der Waals surface area contributed by atoms with Crippen molar-refractivity contribution < 1.29 is 18.0 Å². The van der Waals surface area contributed by atoms with Gasteiger partial charge in [0.1, 0.15) is 5.15 Å². The number of carbonyl (C=O) groups excluding carboxylic acids is 1. The Hall–Kier alpha value is -2.88. The average Bonchev–Trinajstić information content (AvgIpc) is 3.38. The van der Waals surface area contributed by atoms with E-state index in [4.69, 9.17) is 11.6 Å². The summed E-state index contributed by atoms with van der Waals surface area (Å²) in [6, 6.07) is 12.0. The third-order valence-corrected chi connectivity index (χ3v) is 6.18. The zero-order chi connectivity index (χ0) is 23.8. The molecule has 0 saturated carbocycles. The van der Waals surface area contributed by atoms with Crippen LogP contribution in [0.15, 0.2) is 54.0 Å². The van der Waals surface area contributed by atoms with Crippen LogP contribution in [0, 0.1) is 0 Å². The van der Waals surface area contributed by atoms with E-state index in [2.05, 4.69) is 10.3 Å². The molecule has 0 radical (unpaired) electrons. The molecule has 0 aliphatic carbocycles. The molecule has 1 N–H and O–H groups in total. The van der Waals surface area contributed by atoms with Crippen molar-refractivity contribution in [2.75, 3.05) is 14.1 Å². The molecule has 0 bridgehead atoms. The van der Waals surface area contributed by atoms with Crippen molar-refractivity contribution in [2.45, 2.75) is 19.3 Å². The summed E-state index contributed by atoms with van der Waals surface area (Å²) in [7, 11) is 3.83. The monoisotopic (exact) mass is 492 g/mol. The quantitative estimate of drug-likeness (QED) is 0.374. The molecule has 10 heteroatoms. The molecule has 33 heavy (non-hydrogen) atoms. The second-order valence-corrected chi connectivity index (χ2v) is 9.18. The number of hydrogen-bond acceptors (Lipinski definition) is 4. The number of halogens is 4. The van der Waals surface area contributed by atoms with Gasteiger partial charge in [-0.25, -0.2) is 4.98 Å². The summed E-state index contributed by atoms with van der Waals surface area (Å²) >= 11 is 7.82. The van der Waals surface area contributed by atoms with Crippen molar-refractivity contribution in [1.82, 2.24) is 19.6 Å². The van der Waals surface area contributed by atoms with Crippen molar-refractivity contribution in [2.24, 2.45) is 0 Å². The minimum Gasteiger partial charge on any atom is -0.346 e. The number of carbonyl (C=O) groups is 1. The zero-order valence-corrected chi connectivity index (χ0v) is 19.4. The Morgan fingerprint density at radius 3 is 2.64 bits per heavy atom. The van der Waals surface area contributed by atoms with E-state index >= 15 is 0 Å². The van der Waals surface area contributed by atoms with Crippen LogP contribution in [0.1, 0.15) is 26.5 Å². The molecular weight excluding hydrogens is 473 g/mol. The molecule has 1 aromatic carbocycles. The Bertz CT molecular complexity index is 1300. The first kappa shape index (κ1) is 23.3. The first-order valence-electron chi connectivity index (χ1n) is 9.97. The van der Waals surface area contributed by atoms with Gasteiger partial charge >= 0.3 is 6.18 Å². The normalized spacial score (nSPS) is 12.0. The number of alkyl halides is 3. The second-order valence-electron chi connectivity index (χ2n) is 7.79. The summed E-state index contributed by atoms with van der Waals surface area (Å²) in [5.41, 5.74) is 0.253. The van der Waals surface area contributed by atoms with Gasteiger partial charge in [-0.2, -0.15) is 13.2 Å². The molecule has 1 amide bonds. The number of hydrogen-bond donors (Lipinski definition) is 1. The molecule has 3 heterocycles. The van der Waals surface area contributed by atoms with Crippen LogP contribution in [0.2, 0.25) is 5.15 Å². The Morgan fingerprint density at radius 1 is 1.18 bits per heavy atom. The summed E-state index contributed by atoms with van der Waals surface area (Å²) in [4.78, 5) is 19.5. The lowest BCUT2D eigenvalue weighted by Gasteiger charge is -2.13. The largest absolute Gasteiger partial charge is 0.420 e. The molecule has 0 spiro atoms. The molecule has 4 rings (SSSR count). The fraction of sp³-hybridized carbons (Fsp3) is 0.217. The van der Waals surface area contributed by atoms with Crippen LogP contribution in [0.25, 0.3) is 16.8 Å². The van der Waals surface area contributed by atoms with Gasteiger partial charge in [0.15, 0.2) is 11.3 Å². The Labute approximate surface area is 197 Å². The highest BCUT2D eigenvalue weighted by atomic mass is 35.5. The third kappa shape index (κ3) is 5.05. The topological polar surface area (TPSA) is 49.6 Å². The molecule has 172 valence electrons. The molecule has 0 atom stereocenters. The van der Waals surface area contributed by atoms with Crippen LogP contribution in [0.5, 0.6) is 0 Å². The van der Waals surface area contributed by atoms with Gasteiger partial charge in [0.2, 0.25) is 0 Å². The molecule has 0 aliphatic heterocycles. The number of benzene rings is 1. The number of pyridine rings is 1. The lowest BCUT2D eigenvalue weighted by molar-refractivity contribution is -0.136. The number of nitrogens with zero attached hydrogens (tertiary/aromatic N) is 3. The Balaban J connectivity index is 1.78. The highest BCUT2D eigenvalue weighted by Gasteiger charge is 2.36. The summed E-state index contributed by atoms with van der Waals surface area (Å²) in [6.45, 7) is 0.874. The van der Waals surface area contributed by atoms with Crippen molar-refractivity contribution >= 4 is 34.5 Å². The fourth-order valence-corrected chi connectivity index (χ4v) is 4.41. The number of rotatable bonds is 6. The van der Waals surface area contributed by atoms with E-state index in [0.29, 0.717) is 17.7 Å². The number of aromatic nitrogens is 2. The van der Waals surface area contributed by atoms with E-state index in [9.17, 15) is 18.0 Å². The number of amides is 1. The van der Waals surface area contributed by atoms with E-state index in [0.717, 1.165) is 20.9 Å².